The Morgan fingerprint density at radius 3 is 2.45 bits per heavy atom. The number of benzene rings is 2. The Kier molecular flexibility index (Phi) is 5.40. The molecule has 2 heterocycles. The summed E-state index contributed by atoms with van der Waals surface area (Å²) in [4.78, 5) is 22.3. The van der Waals surface area contributed by atoms with E-state index in [1.165, 1.54) is 5.56 Å². The molecule has 4 rings (SSSR count). The number of amides is 1. The summed E-state index contributed by atoms with van der Waals surface area (Å²) >= 11 is 0. The fraction of sp³-hybridized carbons (Fsp3) is 0.167. The van der Waals surface area contributed by atoms with Crippen LogP contribution in [0.1, 0.15) is 15.9 Å². The first-order valence-corrected chi connectivity index (χ1v) is 9.67. The van der Waals surface area contributed by atoms with E-state index in [1.54, 1.807) is 12.4 Å². The molecule has 0 aliphatic carbocycles. The number of fused-ring (bicyclic) bond motifs is 1. The van der Waals surface area contributed by atoms with Crippen molar-refractivity contribution in [2.75, 3.05) is 26.0 Å². The van der Waals surface area contributed by atoms with Crippen molar-refractivity contribution < 1.29 is 4.79 Å². The molecule has 146 valence electrons. The Morgan fingerprint density at radius 2 is 1.72 bits per heavy atom. The molecular weight excluding hydrogens is 360 g/mol. The summed E-state index contributed by atoms with van der Waals surface area (Å²) in [6.07, 6.45) is 6.52. The summed E-state index contributed by atoms with van der Waals surface area (Å²) < 4.78 is 0. The number of pyridine rings is 1. The van der Waals surface area contributed by atoms with Gasteiger partial charge in [0, 0.05) is 47.3 Å². The number of carbonyl (C=O) groups is 1. The second-order valence-electron chi connectivity index (χ2n) is 7.39. The molecule has 0 bridgehead atoms. The first kappa shape index (κ1) is 18.9. The fourth-order valence-electron chi connectivity index (χ4n) is 3.36. The van der Waals surface area contributed by atoms with Gasteiger partial charge in [-0.1, -0.05) is 12.1 Å². The number of likely N-dealkylation sites (N-methyl/N-ethyl adjacent to an activating group) is 1. The van der Waals surface area contributed by atoms with Crippen LogP contribution in [0.25, 0.3) is 22.0 Å². The highest BCUT2D eigenvalue weighted by molar-refractivity contribution is 6.06. The number of aromatic amines is 1. The van der Waals surface area contributed by atoms with Crippen LogP contribution in [0.15, 0.2) is 73.2 Å². The van der Waals surface area contributed by atoms with Gasteiger partial charge < -0.3 is 15.2 Å². The average Bonchev–Trinajstić information content (AvgIpc) is 3.15. The van der Waals surface area contributed by atoms with Crippen molar-refractivity contribution in [1.82, 2.24) is 14.9 Å². The van der Waals surface area contributed by atoms with Gasteiger partial charge in [-0.3, -0.25) is 9.78 Å². The van der Waals surface area contributed by atoms with E-state index in [-0.39, 0.29) is 5.91 Å². The second kappa shape index (κ2) is 8.29. The van der Waals surface area contributed by atoms with Crippen LogP contribution in [0.4, 0.5) is 5.69 Å². The van der Waals surface area contributed by atoms with Crippen LogP contribution in [0, 0.1) is 0 Å². The highest BCUT2D eigenvalue weighted by Gasteiger charge is 2.11. The van der Waals surface area contributed by atoms with E-state index in [0.29, 0.717) is 5.56 Å². The Bertz CT molecular complexity index is 1110. The molecule has 0 saturated heterocycles. The van der Waals surface area contributed by atoms with Gasteiger partial charge in [-0.05, 0) is 79.7 Å². The molecule has 0 unspecified atom stereocenters. The minimum Gasteiger partial charge on any atom is -0.361 e. The van der Waals surface area contributed by atoms with E-state index in [4.69, 9.17) is 0 Å². The molecule has 2 aromatic heterocycles. The van der Waals surface area contributed by atoms with E-state index < -0.39 is 0 Å². The van der Waals surface area contributed by atoms with Crippen LogP contribution in [0.2, 0.25) is 0 Å². The summed E-state index contributed by atoms with van der Waals surface area (Å²) in [6.45, 7) is 0.965. The third kappa shape index (κ3) is 4.36. The minimum atomic E-state index is -0.108. The van der Waals surface area contributed by atoms with Gasteiger partial charge in [-0.15, -0.1) is 0 Å². The number of nitrogens with zero attached hydrogens (tertiary/aromatic N) is 2. The zero-order chi connectivity index (χ0) is 20.2. The SMILES string of the molecule is CN(C)CCc1c[nH]c2ccc(C(=O)Nc3ccc(-c4ccncc4)cc3)cc12. The fourth-order valence-corrected chi connectivity index (χ4v) is 3.36. The summed E-state index contributed by atoms with van der Waals surface area (Å²) in [5.74, 6) is -0.108. The highest BCUT2D eigenvalue weighted by atomic mass is 16.1. The quantitative estimate of drug-likeness (QED) is 0.511. The number of nitrogens with one attached hydrogen (secondary N) is 2. The molecule has 5 nitrogen and oxygen atoms in total. The Labute approximate surface area is 170 Å². The first-order chi connectivity index (χ1) is 14.1. The predicted octanol–water partition coefficient (Wildman–Crippen LogP) is 4.59. The zero-order valence-electron chi connectivity index (χ0n) is 16.6. The van der Waals surface area contributed by atoms with E-state index >= 15 is 0 Å². The number of carbonyl (C=O) groups excluding carboxylic acids is 1. The smallest absolute Gasteiger partial charge is 0.255 e. The Balaban J connectivity index is 1.50. The minimum absolute atomic E-state index is 0.108. The van der Waals surface area contributed by atoms with Crippen molar-refractivity contribution in [3.63, 3.8) is 0 Å². The average molecular weight is 384 g/mol. The molecule has 2 aromatic carbocycles. The topological polar surface area (TPSA) is 61.0 Å². The molecule has 5 heteroatoms. The number of hydrogen-bond donors (Lipinski definition) is 2. The maximum Gasteiger partial charge on any atom is 0.255 e. The molecule has 0 spiro atoms. The monoisotopic (exact) mass is 384 g/mol. The Hall–Kier alpha value is -3.44. The molecule has 0 fully saturated rings. The number of hydrogen-bond acceptors (Lipinski definition) is 3. The Morgan fingerprint density at radius 1 is 1.00 bits per heavy atom. The van der Waals surface area contributed by atoms with E-state index in [0.717, 1.165) is 40.7 Å². The molecule has 0 radical (unpaired) electrons. The van der Waals surface area contributed by atoms with Crippen LogP contribution >= 0.6 is 0 Å². The van der Waals surface area contributed by atoms with Crippen LogP contribution in [0.3, 0.4) is 0 Å². The van der Waals surface area contributed by atoms with Crippen molar-refractivity contribution in [2.24, 2.45) is 0 Å². The molecule has 0 aliphatic rings. The van der Waals surface area contributed by atoms with E-state index in [2.05, 4.69) is 34.3 Å². The van der Waals surface area contributed by atoms with Crippen LogP contribution < -0.4 is 5.32 Å². The zero-order valence-corrected chi connectivity index (χ0v) is 16.6. The lowest BCUT2D eigenvalue weighted by Crippen LogP contribution is -2.15. The maximum absolute atomic E-state index is 12.8. The van der Waals surface area contributed by atoms with Gasteiger partial charge >= 0.3 is 0 Å². The molecule has 0 aliphatic heterocycles. The van der Waals surface area contributed by atoms with Gasteiger partial charge in [0.15, 0.2) is 0 Å². The summed E-state index contributed by atoms with van der Waals surface area (Å²) in [5.41, 5.74) is 5.89. The van der Waals surface area contributed by atoms with Gasteiger partial charge in [-0.2, -0.15) is 0 Å². The lowest BCUT2D eigenvalue weighted by atomic mass is 10.1. The van der Waals surface area contributed by atoms with E-state index in [1.807, 2.05) is 60.8 Å². The maximum atomic E-state index is 12.8. The molecule has 29 heavy (non-hydrogen) atoms. The predicted molar refractivity (Wildman–Crippen MR) is 118 cm³/mol. The van der Waals surface area contributed by atoms with Crippen LogP contribution in [-0.2, 0) is 6.42 Å². The third-order valence-corrected chi connectivity index (χ3v) is 5.01. The van der Waals surface area contributed by atoms with Crippen molar-refractivity contribution in [3.05, 3.63) is 84.3 Å². The number of rotatable bonds is 6. The van der Waals surface area contributed by atoms with Crippen molar-refractivity contribution in [2.45, 2.75) is 6.42 Å². The third-order valence-electron chi connectivity index (χ3n) is 5.01. The number of anilines is 1. The highest BCUT2D eigenvalue weighted by Crippen LogP contribution is 2.23. The molecule has 0 atom stereocenters. The molecular formula is C24H24N4O. The van der Waals surface area contributed by atoms with Gasteiger partial charge in [0.2, 0.25) is 0 Å². The van der Waals surface area contributed by atoms with Crippen molar-refractivity contribution >= 4 is 22.5 Å². The largest absolute Gasteiger partial charge is 0.361 e. The molecule has 1 amide bonds. The van der Waals surface area contributed by atoms with Crippen LogP contribution in [0.5, 0.6) is 0 Å². The standard InChI is InChI=1S/C24H24N4O/c1-28(2)14-11-20-16-26-23-8-5-19(15-22(20)23)24(29)27-21-6-3-17(4-7-21)18-9-12-25-13-10-18/h3-10,12-13,15-16,26H,11,14H2,1-2H3,(H,27,29). The van der Waals surface area contributed by atoms with Crippen molar-refractivity contribution in [1.29, 1.82) is 0 Å². The van der Waals surface area contributed by atoms with Gasteiger partial charge in [-0.25, -0.2) is 0 Å². The van der Waals surface area contributed by atoms with Gasteiger partial charge in [0.05, 0.1) is 0 Å². The van der Waals surface area contributed by atoms with Crippen molar-refractivity contribution in [3.8, 4) is 11.1 Å². The van der Waals surface area contributed by atoms with E-state index in [9.17, 15) is 4.79 Å². The molecule has 2 N–H and O–H groups in total. The summed E-state index contributed by atoms with van der Waals surface area (Å²) in [7, 11) is 4.13. The lowest BCUT2D eigenvalue weighted by molar-refractivity contribution is 0.102. The van der Waals surface area contributed by atoms with Gasteiger partial charge in [0.1, 0.15) is 0 Å². The normalized spacial score (nSPS) is 11.1. The summed E-state index contributed by atoms with van der Waals surface area (Å²) in [6, 6.07) is 17.6. The van der Waals surface area contributed by atoms with Gasteiger partial charge in [0.25, 0.3) is 5.91 Å². The second-order valence-corrected chi connectivity index (χ2v) is 7.39. The molecule has 4 aromatic rings. The van der Waals surface area contributed by atoms with Crippen LogP contribution in [-0.4, -0.2) is 41.4 Å². The first-order valence-electron chi connectivity index (χ1n) is 9.67. The summed E-state index contributed by atoms with van der Waals surface area (Å²) in [5, 5.41) is 4.10. The lowest BCUT2D eigenvalue weighted by Gasteiger charge is -2.09. The number of aromatic nitrogens is 2. The molecule has 0 saturated carbocycles. The number of H-pyrrole nitrogens is 1.